The highest BCUT2D eigenvalue weighted by atomic mass is 16.7. The monoisotopic (exact) mass is 255 g/mol. The van der Waals surface area contributed by atoms with Crippen molar-refractivity contribution in [2.75, 3.05) is 13.8 Å². The van der Waals surface area contributed by atoms with Crippen LogP contribution in [0.5, 0.6) is 11.5 Å². The van der Waals surface area contributed by atoms with Crippen molar-refractivity contribution in [1.82, 2.24) is 0 Å². The summed E-state index contributed by atoms with van der Waals surface area (Å²) in [6.45, 7) is -0.182. The Hall–Kier alpha value is -2.35. The fraction of sp³-hybridized carbons (Fsp3) is 0.300. The molecule has 0 bridgehead atoms. The zero-order chi connectivity index (χ0) is 13.3. The van der Waals surface area contributed by atoms with E-state index in [0.29, 0.717) is 17.1 Å². The van der Waals surface area contributed by atoms with Gasteiger partial charge in [-0.25, -0.2) is 10.1 Å². The van der Waals surface area contributed by atoms with Gasteiger partial charge >= 0.3 is 6.09 Å². The Morgan fingerprint density at radius 2 is 2.17 bits per heavy atom. The van der Waals surface area contributed by atoms with E-state index in [1.165, 1.54) is 0 Å². The van der Waals surface area contributed by atoms with Gasteiger partial charge in [0, 0.05) is 5.56 Å². The summed E-state index contributed by atoms with van der Waals surface area (Å²) >= 11 is 0. The predicted molar refractivity (Wildman–Crippen MR) is 57.5 cm³/mol. The van der Waals surface area contributed by atoms with Crippen LogP contribution in [0.2, 0.25) is 0 Å². The lowest BCUT2D eigenvalue weighted by Gasteiger charge is -2.16. The van der Waals surface area contributed by atoms with Gasteiger partial charge in [-0.15, -0.1) is 0 Å². The molecule has 1 aromatic rings. The molecule has 8 heteroatoms. The van der Waals surface area contributed by atoms with Crippen molar-refractivity contribution in [3.63, 3.8) is 0 Å². The molecule has 8 nitrogen and oxygen atoms in total. The van der Waals surface area contributed by atoms with Crippen molar-refractivity contribution in [3.05, 3.63) is 33.9 Å². The highest BCUT2D eigenvalue weighted by Gasteiger charge is 2.45. The predicted octanol–water partition coefficient (Wildman–Crippen LogP) is 1.23. The summed E-state index contributed by atoms with van der Waals surface area (Å²) < 4.78 is 8.90. The number of quaternary nitrogens is 1. The molecule has 1 aliphatic heterocycles. The Morgan fingerprint density at radius 3 is 2.78 bits per heavy atom. The molecule has 1 N–H and O–H groups in total. The number of fused-ring (bicyclic) bond motifs is 1. The molecule has 0 fully saturated rings. The maximum atomic E-state index is 11.0. The van der Waals surface area contributed by atoms with Crippen LogP contribution in [0, 0.1) is 10.1 Å². The molecular weight excluding hydrogens is 244 g/mol. The third-order valence-corrected chi connectivity index (χ3v) is 2.70. The van der Waals surface area contributed by atoms with E-state index < -0.39 is 15.7 Å². The molecule has 1 aromatic carbocycles. The first kappa shape index (κ1) is 12.1. The van der Waals surface area contributed by atoms with E-state index in [1.54, 1.807) is 18.2 Å². The Balaban J connectivity index is 2.28. The zero-order valence-electron chi connectivity index (χ0n) is 9.53. The van der Waals surface area contributed by atoms with Gasteiger partial charge in [-0.05, 0) is 18.2 Å². The van der Waals surface area contributed by atoms with E-state index in [2.05, 4.69) is 0 Å². The standard InChI is InChI=1S/C10H10N2O6/c1-12(10(13)14,11(15)16)5-7-2-3-8-9(4-7)18-6-17-8/h2-4H,5-6H2,1H3/p+1. The smallest absolute Gasteiger partial charge is 0.454 e. The molecule has 0 radical (unpaired) electrons. The normalized spacial score (nSPS) is 16.1. The van der Waals surface area contributed by atoms with Crippen molar-refractivity contribution < 1.29 is 29.0 Å². The van der Waals surface area contributed by atoms with Crippen LogP contribution in [0.25, 0.3) is 0 Å². The Morgan fingerprint density at radius 1 is 1.50 bits per heavy atom. The first-order chi connectivity index (χ1) is 8.43. The molecule has 0 saturated heterocycles. The molecule has 1 unspecified atom stereocenters. The second kappa shape index (κ2) is 4.15. The number of ether oxygens (including phenoxy) is 2. The summed E-state index contributed by atoms with van der Waals surface area (Å²) in [4.78, 5) is 21.8. The number of amides is 1. The van der Waals surface area contributed by atoms with Crippen LogP contribution in [0.4, 0.5) is 4.79 Å². The van der Waals surface area contributed by atoms with Crippen molar-refractivity contribution in [2.45, 2.75) is 6.54 Å². The maximum absolute atomic E-state index is 11.0. The van der Waals surface area contributed by atoms with Gasteiger partial charge < -0.3 is 14.6 Å². The molecule has 96 valence electrons. The van der Waals surface area contributed by atoms with Gasteiger partial charge in [-0.2, -0.15) is 4.79 Å². The lowest BCUT2D eigenvalue weighted by molar-refractivity contribution is -1.28. The van der Waals surface area contributed by atoms with Crippen LogP contribution < -0.4 is 9.47 Å². The number of benzene rings is 1. The third-order valence-electron chi connectivity index (χ3n) is 2.70. The van der Waals surface area contributed by atoms with Gasteiger partial charge in [-0.1, -0.05) is 0 Å². The van der Waals surface area contributed by atoms with Gasteiger partial charge in [0.15, 0.2) is 18.0 Å². The summed E-state index contributed by atoms with van der Waals surface area (Å²) in [5.74, 6) is 1.01. The largest absolute Gasteiger partial charge is 0.577 e. The number of nitrogens with zero attached hydrogens (tertiary/aromatic N) is 2. The minimum Gasteiger partial charge on any atom is -0.454 e. The van der Waals surface area contributed by atoms with Crippen LogP contribution in [0.3, 0.4) is 0 Å². The Kier molecular flexibility index (Phi) is 2.79. The lowest BCUT2D eigenvalue weighted by atomic mass is 10.2. The summed E-state index contributed by atoms with van der Waals surface area (Å²) in [6, 6.07) is 4.73. The topological polar surface area (TPSA) is 98.9 Å². The molecule has 0 aliphatic carbocycles. The van der Waals surface area contributed by atoms with Crippen molar-refractivity contribution in [3.8, 4) is 11.5 Å². The minimum atomic E-state index is -1.53. The number of rotatable bonds is 3. The van der Waals surface area contributed by atoms with Crippen molar-refractivity contribution >= 4 is 6.09 Å². The molecule has 1 aliphatic rings. The molecule has 1 atom stereocenters. The van der Waals surface area contributed by atoms with Gasteiger partial charge in [0.2, 0.25) is 11.8 Å². The van der Waals surface area contributed by atoms with E-state index in [1.807, 2.05) is 0 Å². The molecule has 0 spiro atoms. The van der Waals surface area contributed by atoms with Crippen LogP contribution in [-0.2, 0) is 6.54 Å². The first-order valence-corrected chi connectivity index (χ1v) is 5.06. The van der Waals surface area contributed by atoms with Gasteiger partial charge in [-0.3, -0.25) is 0 Å². The maximum Gasteiger partial charge on any atom is 0.577 e. The van der Waals surface area contributed by atoms with Crippen LogP contribution in [-0.4, -0.2) is 34.7 Å². The van der Waals surface area contributed by atoms with Crippen molar-refractivity contribution in [1.29, 1.82) is 0 Å². The third kappa shape index (κ3) is 1.93. The summed E-state index contributed by atoms with van der Waals surface area (Å²) in [5.41, 5.74) is 0.487. The number of carboxylic acid groups (broad SMARTS) is 1. The SMILES string of the molecule is C[N+](Cc1ccc2c(c1)OCO2)(C(=O)O)[N+](=O)[O-]. The number of hydrogen-bond donors (Lipinski definition) is 1. The van der Waals surface area contributed by atoms with Crippen molar-refractivity contribution in [2.24, 2.45) is 0 Å². The summed E-state index contributed by atoms with van der Waals surface area (Å²) in [5, 5.41) is 18.9. The second-order valence-electron chi connectivity index (χ2n) is 4.01. The minimum absolute atomic E-state index is 0.0963. The van der Waals surface area contributed by atoms with E-state index in [4.69, 9.17) is 14.6 Å². The van der Waals surface area contributed by atoms with Gasteiger partial charge in [0.25, 0.3) is 0 Å². The van der Waals surface area contributed by atoms with Gasteiger partial charge in [0.05, 0.1) is 4.59 Å². The van der Waals surface area contributed by atoms with Gasteiger partial charge in [0.1, 0.15) is 7.05 Å². The van der Waals surface area contributed by atoms with Crippen LogP contribution in [0.15, 0.2) is 18.2 Å². The lowest BCUT2D eigenvalue weighted by Crippen LogP contribution is -2.52. The number of carbonyl (C=O) groups is 1. The van der Waals surface area contributed by atoms with E-state index in [9.17, 15) is 14.9 Å². The fourth-order valence-electron chi connectivity index (χ4n) is 1.59. The number of nitro groups is 1. The summed E-state index contributed by atoms with van der Waals surface area (Å²) in [7, 11) is 1.02. The molecule has 1 heterocycles. The molecular formula is C10H11N2O6+. The zero-order valence-corrected chi connectivity index (χ0v) is 9.53. The molecule has 0 aromatic heterocycles. The average Bonchev–Trinajstić information content (AvgIpc) is 2.75. The summed E-state index contributed by atoms with van der Waals surface area (Å²) in [6.07, 6.45) is -1.53. The molecule has 0 saturated carbocycles. The van der Waals surface area contributed by atoms with E-state index in [0.717, 1.165) is 7.05 Å². The first-order valence-electron chi connectivity index (χ1n) is 5.06. The average molecular weight is 255 g/mol. The van der Waals surface area contributed by atoms with E-state index >= 15 is 0 Å². The molecule has 2 rings (SSSR count). The Bertz CT molecular complexity index is 501. The molecule has 18 heavy (non-hydrogen) atoms. The van der Waals surface area contributed by atoms with Crippen LogP contribution in [0.1, 0.15) is 5.56 Å². The highest BCUT2D eigenvalue weighted by molar-refractivity contribution is 5.55. The number of hydrogen-bond acceptors (Lipinski definition) is 5. The highest BCUT2D eigenvalue weighted by Crippen LogP contribution is 2.33. The quantitative estimate of drug-likeness (QED) is 0.495. The van der Waals surface area contributed by atoms with E-state index in [-0.39, 0.29) is 13.3 Å². The molecule has 1 amide bonds. The second-order valence-corrected chi connectivity index (χ2v) is 4.01. The fourth-order valence-corrected chi connectivity index (χ4v) is 1.59. The van der Waals surface area contributed by atoms with Crippen LogP contribution >= 0.6 is 0 Å². The Labute approximate surface area is 102 Å².